The number of carbonyl (C=O) groups excluding carboxylic acids is 3. The molecule has 0 aliphatic carbocycles. The van der Waals surface area contributed by atoms with E-state index in [1.807, 2.05) is 0 Å². The number of hydrogen-bond donors (Lipinski definition) is 7. The molecule has 0 radical (unpaired) electrons. The monoisotopic (exact) mass is 572 g/mol. The molecule has 1 atom stereocenters. The number of carboxylic acid groups (broad SMARTS) is 1. The smallest absolute Gasteiger partial charge is 0.328 e. The van der Waals surface area contributed by atoms with Crippen LogP contribution in [0, 0.1) is 5.41 Å². The van der Waals surface area contributed by atoms with Crippen molar-refractivity contribution in [3.8, 4) is 0 Å². The first-order chi connectivity index (χ1) is 16.0. The van der Waals surface area contributed by atoms with Gasteiger partial charge in [0.2, 0.25) is 5.91 Å². The number of guanidine groups is 1. The molecule has 0 spiro atoms. The van der Waals surface area contributed by atoms with Crippen LogP contribution in [0.25, 0.3) is 0 Å². The molecule has 11 nitrogen and oxygen atoms in total. The van der Waals surface area contributed by atoms with Gasteiger partial charge in [0.25, 0.3) is 11.8 Å². The van der Waals surface area contributed by atoms with Crippen molar-refractivity contribution in [3.05, 3.63) is 62.0 Å². The third-order valence-corrected chi connectivity index (χ3v) is 5.21. The molecule has 8 N–H and O–H groups in total. The van der Waals surface area contributed by atoms with Gasteiger partial charge in [0.05, 0.1) is 22.2 Å². The maximum atomic E-state index is 12.5. The van der Waals surface area contributed by atoms with E-state index < -0.39 is 42.8 Å². The van der Waals surface area contributed by atoms with Crippen molar-refractivity contribution in [2.45, 2.75) is 6.04 Å². The number of halogens is 3. The highest BCUT2D eigenvalue weighted by Crippen LogP contribution is 2.29. The number of anilines is 1. The molecule has 2 rings (SSSR count). The summed E-state index contributed by atoms with van der Waals surface area (Å²) in [6.45, 7) is -0.909. The van der Waals surface area contributed by atoms with Gasteiger partial charge < -0.3 is 32.1 Å². The Balaban J connectivity index is 1.92. The number of benzene rings is 2. The number of rotatable bonds is 9. The van der Waals surface area contributed by atoms with E-state index in [2.05, 4.69) is 37.2 Å². The first-order valence-electron chi connectivity index (χ1n) is 9.42. The molecule has 34 heavy (non-hydrogen) atoms. The zero-order valence-electron chi connectivity index (χ0n) is 17.2. The van der Waals surface area contributed by atoms with Crippen molar-refractivity contribution in [2.75, 3.05) is 18.4 Å². The lowest BCUT2D eigenvalue weighted by Crippen LogP contribution is -2.50. The third-order valence-electron chi connectivity index (χ3n) is 4.15. The van der Waals surface area contributed by atoms with Crippen LogP contribution in [0.5, 0.6) is 0 Å². The summed E-state index contributed by atoms with van der Waals surface area (Å²) in [7, 11) is 0. The maximum absolute atomic E-state index is 12.5. The largest absolute Gasteiger partial charge is 0.480 e. The molecule has 0 unspecified atom stereocenters. The highest BCUT2D eigenvalue weighted by Gasteiger charge is 2.24. The van der Waals surface area contributed by atoms with Crippen LogP contribution >= 0.6 is 39.1 Å². The van der Waals surface area contributed by atoms with Crippen LogP contribution in [0.1, 0.15) is 20.7 Å². The van der Waals surface area contributed by atoms with Gasteiger partial charge in [0.1, 0.15) is 6.04 Å². The van der Waals surface area contributed by atoms with E-state index in [4.69, 9.17) is 34.3 Å². The van der Waals surface area contributed by atoms with E-state index >= 15 is 0 Å². The summed E-state index contributed by atoms with van der Waals surface area (Å²) in [6.07, 6.45) is 0. The number of aliphatic carboxylic acids is 1. The molecular formula is C20H19BrCl2N6O5. The Hall–Kier alpha value is -3.35. The number of nitrogens with one attached hydrogen (secondary N) is 5. The number of carboxylic acids is 1. The van der Waals surface area contributed by atoms with Crippen molar-refractivity contribution in [1.82, 2.24) is 16.0 Å². The van der Waals surface area contributed by atoms with Gasteiger partial charge in [-0.25, -0.2) is 4.79 Å². The SMILES string of the molecule is N=C(N)Nc1cccc(C(=O)NCC(=O)NC[C@H](NC(=O)c2c(Cl)cc(Br)cc2Cl)C(=O)O)c1. The van der Waals surface area contributed by atoms with Crippen molar-refractivity contribution >= 4 is 74.5 Å². The fraction of sp³-hybridized carbons (Fsp3) is 0.150. The molecule has 0 aliphatic heterocycles. The van der Waals surface area contributed by atoms with Crippen LogP contribution in [0.3, 0.4) is 0 Å². The average molecular weight is 574 g/mol. The summed E-state index contributed by atoms with van der Waals surface area (Å²) in [5, 5.41) is 26.1. The van der Waals surface area contributed by atoms with Crippen molar-refractivity contribution in [3.63, 3.8) is 0 Å². The van der Waals surface area contributed by atoms with Gasteiger partial charge in [-0.05, 0) is 30.3 Å². The average Bonchev–Trinajstić information content (AvgIpc) is 2.73. The Morgan fingerprint density at radius 2 is 1.71 bits per heavy atom. The van der Waals surface area contributed by atoms with Gasteiger partial charge in [-0.15, -0.1) is 0 Å². The summed E-state index contributed by atoms with van der Waals surface area (Å²) in [6, 6.07) is 7.44. The molecule has 3 amide bonds. The molecule has 0 saturated carbocycles. The Morgan fingerprint density at radius 1 is 1.06 bits per heavy atom. The number of amides is 3. The number of hydrogen-bond acceptors (Lipinski definition) is 5. The highest BCUT2D eigenvalue weighted by molar-refractivity contribution is 9.10. The van der Waals surface area contributed by atoms with Crippen LogP contribution in [-0.4, -0.2) is 53.9 Å². The topological polar surface area (TPSA) is 186 Å². The molecule has 0 saturated heterocycles. The molecular weight excluding hydrogens is 555 g/mol. The standard InChI is InChI=1S/C20H19BrCl2N6O5/c21-10-5-12(22)16(13(23)6-10)18(32)29-14(19(33)34)7-26-15(30)8-27-17(31)9-2-1-3-11(4-9)28-20(24)25/h1-6,14H,7-8H2,(H,26,30)(H,27,31)(H,29,32)(H,33,34)(H4,24,25,28)/t14-/m0/s1. The summed E-state index contributed by atoms with van der Waals surface area (Å²) in [4.78, 5) is 48.3. The van der Waals surface area contributed by atoms with Crippen molar-refractivity contribution in [2.24, 2.45) is 5.73 Å². The fourth-order valence-corrected chi connectivity index (χ4v) is 4.00. The quantitative estimate of drug-likeness (QED) is 0.176. The Labute approximate surface area is 212 Å². The molecule has 2 aromatic carbocycles. The fourth-order valence-electron chi connectivity index (χ4n) is 2.62. The molecule has 0 heterocycles. The molecule has 180 valence electrons. The summed E-state index contributed by atoms with van der Waals surface area (Å²) in [5.41, 5.74) is 5.75. The van der Waals surface area contributed by atoms with Gasteiger partial charge >= 0.3 is 5.97 Å². The Kier molecular flexibility index (Phi) is 9.66. The van der Waals surface area contributed by atoms with Crippen molar-refractivity contribution in [1.29, 1.82) is 5.41 Å². The van der Waals surface area contributed by atoms with Gasteiger partial charge in [-0.2, -0.15) is 0 Å². The molecule has 14 heteroatoms. The minimum atomic E-state index is -1.49. The molecule has 0 bridgehead atoms. The summed E-state index contributed by atoms with van der Waals surface area (Å²) >= 11 is 15.2. The molecule has 0 aliphatic rings. The minimum Gasteiger partial charge on any atom is -0.480 e. The second kappa shape index (κ2) is 12.2. The normalized spacial score (nSPS) is 11.1. The van der Waals surface area contributed by atoms with Crippen LogP contribution in [0.4, 0.5) is 5.69 Å². The van der Waals surface area contributed by atoms with Crippen molar-refractivity contribution < 1.29 is 24.3 Å². The van der Waals surface area contributed by atoms with E-state index in [0.29, 0.717) is 10.2 Å². The van der Waals surface area contributed by atoms with Gasteiger partial charge in [0, 0.05) is 22.3 Å². The zero-order valence-corrected chi connectivity index (χ0v) is 20.3. The Bertz CT molecular complexity index is 1120. The van der Waals surface area contributed by atoms with Gasteiger partial charge in [-0.3, -0.25) is 19.8 Å². The minimum absolute atomic E-state index is 0.00957. The van der Waals surface area contributed by atoms with E-state index in [-0.39, 0.29) is 27.1 Å². The number of nitrogens with two attached hydrogens (primary N) is 1. The van der Waals surface area contributed by atoms with E-state index in [9.17, 15) is 24.3 Å². The lowest BCUT2D eigenvalue weighted by atomic mass is 10.2. The van der Waals surface area contributed by atoms with Crippen LogP contribution in [0.2, 0.25) is 10.0 Å². The van der Waals surface area contributed by atoms with E-state index in [1.165, 1.54) is 24.3 Å². The van der Waals surface area contributed by atoms with Gasteiger partial charge in [-0.1, -0.05) is 45.2 Å². The molecule has 0 aromatic heterocycles. The molecule has 2 aromatic rings. The van der Waals surface area contributed by atoms with E-state index in [0.717, 1.165) is 0 Å². The van der Waals surface area contributed by atoms with Gasteiger partial charge in [0.15, 0.2) is 5.96 Å². The third kappa shape index (κ3) is 7.90. The van der Waals surface area contributed by atoms with Crippen LogP contribution in [0.15, 0.2) is 40.9 Å². The van der Waals surface area contributed by atoms with Crippen LogP contribution in [-0.2, 0) is 9.59 Å². The summed E-state index contributed by atoms with van der Waals surface area (Å²) < 4.78 is 0.532. The molecule has 0 fully saturated rings. The summed E-state index contributed by atoms with van der Waals surface area (Å²) in [5.74, 6) is -3.81. The first-order valence-corrected chi connectivity index (χ1v) is 11.0. The van der Waals surface area contributed by atoms with E-state index in [1.54, 1.807) is 12.1 Å². The second-order valence-electron chi connectivity index (χ2n) is 6.71. The predicted molar refractivity (Wildman–Crippen MR) is 130 cm³/mol. The maximum Gasteiger partial charge on any atom is 0.328 e. The first kappa shape index (κ1) is 26.9. The lowest BCUT2D eigenvalue weighted by Gasteiger charge is -2.17. The van der Waals surface area contributed by atoms with Crippen LogP contribution < -0.4 is 27.0 Å². The predicted octanol–water partition coefficient (Wildman–Crippen LogP) is 1.79. The number of carbonyl (C=O) groups is 4. The second-order valence-corrected chi connectivity index (χ2v) is 8.45. The lowest BCUT2D eigenvalue weighted by molar-refractivity contribution is -0.139. The Morgan fingerprint density at radius 3 is 2.29 bits per heavy atom. The zero-order chi connectivity index (χ0) is 25.4. The highest BCUT2D eigenvalue weighted by atomic mass is 79.9.